The van der Waals surface area contributed by atoms with Gasteiger partial charge in [0, 0.05) is 25.7 Å². The average molecular weight is 1410 g/mol. The van der Waals surface area contributed by atoms with Gasteiger partial charge in [0.05, 0.1) is 26.4 Å². The van der Waals surface area contributed by atoms with E-state index in [0.29, 0.717) is 31.6 Å². The summed E-state index contributed by atoms with van der Waals surface area (Å²) in [7, 11) is -9.91. The van der Waals surface area contributed by atoms with E-state index >= 15 is 0 Å². The normalized spacial score (nSPS) is 15.0. The van der Waals surface area contributed by atoms with Crippen LogP contribution in [0.5, 0.6) is 0 Å². The maximum atomic E-state index is 13.1. The van der Waals surface area contributed by atoms with E-state index in [1.807, 2.05) is 0 Å². The van der Waals surface area contributed by atoms with Gasteiger partial charge >= 0.3 is 39.5 Å². The van der Waals surface area contributed by atoms with Crippen molar-refractivity contribution in [3.8, 4) is 0 Å². The van der Waals surface area contributed by atoms with Gasteiger partial charge in [-0.25, -0.2) is 9.13 Å². The number of hydrogen-bond donors (Lipinski definition) is 3. The molecule has 0 radical (unpaired) electrons. The summed E-state index contributed by atoms with van der Waals surface area (Å²) < 4.78 is 68.5. The Kier molecular flexibility index (Phi) is 65.0. The van der Waals surface area contributed by atoms with Crippen molar-refractivity contribution in [1.29, 1.82) is 0 Å². The van der Waals surface area contributed by atoms with Crippen LogP contribution in [0.15, 0.2) is 0 Å². The van der Waals surface area contributed by atoms with Gasteiger partial charge in [-0.2, -0.15) is 0 Å². The van der Waals surface area contributed by atoms with Crippen LogP contribution in [0.25, 0.3) is 0 Å². The number of carbonyl (C=O) groups is 4. The van der Waals surface area contributed by atoms with Crippen molar-refractivity contribution < 1.29 is 80.2 Å². The Morgan fingerprint density at radius 1 is 0.292 bits per heavy atom. The first-order chi connectivity index (χ1) is 46.2. The summed E-state index contributed by atoms with van der Waals surface area (Å²) in [5, 5.41) is 10.6. The van der Waals surface area contributed by atoms with Crippen molar-refractivity contribution >= 4 is 39.5 Å². The molecule has 0 aliphatic heterocycles. The minimum atomic E-state index is -4.96. The molecule has 0 heterocycles. The molecule has 6 unspecified atom stereocenters. The van der Waals surface area contributed by atoms with Crippen molar-refractivity contribution in [2.45, 2.75) is 408 Å². The van der Waals surface area contributed by atoms with Crippen LogP contribution < -0.4 is 0 Å². The van der Waals surface area contributed by atoms with E-state index in [-0.39, 0.29) is 25.7 Å². The van der Waals surface area contributed by atoms with Gasteiger partial charge in [0.25, 0.3) is 0 Å². The quantitative estimate of drug-likeness (QED) is 0.0222. The third-order valence-corrected chi connectivity index (χ3v) is 20.8. The van der Waals surface area contributed by atoms with Crippen LogP contribution in [0.3, 0.4) is 0 Å². The van der Waals surface area contributed by atoms with E-state index in [9.17, 15) is 43.2 Å². The number of phosphoric ester groups is 2. The number of carbonyl (C=O) groups excluding carboxylic acids is 4. The van der Waals surface area contributed by atoms with Gasteiger partial charge in [0.15, 0.2) is 12.2 Å². The highest BCUT2D eigenvalue weighted by Gasteiger charge is 2.30. The smallest absolute Gasteiger partial charge is 0.462 e. The number of phosphoric acid groups is 2. The fraction of sp³-hybridized carbons (Fsp3) is 0.948. The largest absolute Gasteiger partial charge is 0.472 e. The zero-order valence-electron chi connectivity index (χ0n) is 63.0. The molecule has 0 spiro atoms. The fourth-order valence-electron chi connectivity index (χ4n) is 11.6. The highest BCUT2D eigenvalue weighted by atomic mass is 31.2. The second kappa shape index (κ2) is 66.3. The Morgan fingerprint density at radius 3 is 0.740 bits per heavy atom. The van der Waals surface area contributed by atoms with E-state index in [1.165, 1.54) is 186 Å². The molecule has 0 saturated carbocycles. The first kappa shape index (κ1) is 94.1. The van der Waals surface area contributed by atoms with Crippen LogP contribution in [-0.4, -0.2) is 96.7 Å². The third-order valence-electron chi connectivity index (χ3n) is 18.9. The molecule has 0 rings (SSSR count). The number of aliphatic hydroxyl groups excluding tert-OH is 1. The molecule has 0 aromatic rings. The van der Waals surface area contributed by atoms with Gasteiger partial charge in [-0.3, -0.25) is 37.3 Å². The number of aliphatic hydroxyl groups is 1. The standard InChI is InChI=1S/C77H150O17P2/c1-9-68(6)54-46-38-30-24-20-16-12-14-18-22-26-32-41-49-57-74(79)87-63-72(93-76(81)59-51-43-33-27-23-19-15-13-17-21-25-31-39-47-55-69(7)10-2)65-91-95(83,84)89-61-71(78)62-90-96(85,86)92-66-73(94-77(82)60-52-44-36-35-40-48-56-70(8)11-3)64-88-75(80)58-50-42-34-28-29-37-45-53-67(4)5/h67-73,78H,9-66H2,1-8H3,(H,83,84)(H,85,86)/t68?,69?,70?,71?,72-,73-/m1/s1. The van der Waals surface area contributed by atoms with Crippen LogP contribution in [0.1, 0.15) is 389 Å². The fourth-order valence-corrected chi connectivity index (χ4v) is 13.2. The Labute approximate surface area is 588 Å². The molecule has 3 N–H and O–H groups in total. The van der Waals surface area contributed by atoms with E-state index in [0.717, 1.165) is 114 Å². The maximum absolute atomic E-state index is 13.1. The van der Waals surface area contributed by atoms with Crippen molar-refractivity contribution in [3.63, 3.8) is 0 Å². The molecule has 0 aromatic carbocycles. The first-order valence-corrected chi connectivity index (χ1v) is 42.8. The summed E-state index contributed by atoms with van der Waals surface area (Å²) in [5.41, 5.74) is 0. The highest BCUT2D eigenvalue weighted by molar-refractivity contribution is 7.47. The molecule has 0 fully saturated rings. The van der Waals surface area contributed by atoms with Gasteiger partial charge in [0.2, 0.25) is 0 Å². The van der Waals surface area contributed by atoms with Crippen LogP contribution >= 0.6 is 15.6 Å². The second-order valence-corrected chi connectivity index (χ2v) is 31.9. The molecule has 0 saturated heterocycles. The topological polar surface area (TPSA) is 237 Å². The number of unbranched alkanes of at least 4 members (excludes halogenated alkanes) is 37. The van der Waals surface area contributed by atoms with E-state index in [1.54, 1.807) is 0 Å². The lowest BCUT2D eigenvalue weighted by Gasteiger charge is -2.21. The summed E-state index contributed by atoms with van der Waals surface area (Å²) in [6, 6.07) is 0. The molecule has 0 aliphatic rings. The monoisotopic (exact) mass is 1410 g/mol. The number of ether oxygens (including phenoxy) is 4. The third kappa shape index (κ3) is 66.6. The minimum Gasteiger partial charge on any atom is -0.462 e. The number of hydrogen-bond acceptors (Lipinski definition) is 15. The predicted octanol–water partition coefficient (Wildman–Crippen LogP) is 22.4. The molecule has 0 aliphatic carbocycles. The summed E-state index contributed by atoms with van der Waals surface area (Å²) in [6.45, 7) is 14.2. The molecule has 0 amide bonds. The maximum Gasteiger partial charge on any atom is 0.472 e. The van der Waals surface area contributed by atoms with E-state index < -0.39 is 97.5 Å². The van der Waals surface area contributed by atoms with Crippen molar-refractivity contribution in [2.75, 3.05) is 39.6 Å². The van der Waals surface area contributed by atoms with Crippen molar-refractivity contribution in [2.24, 2.45) is 23.7 Å². The number of rotatable bonds is 74. The summed E-state index contributed by atoms with van der Waals surface area (Å²) in [6.07, 6.45) is 51.4. The summed E-state index contributed by atoms with van der Waals surface area (Å²) >= 11 is 0. The Bertz CT molecular complexity index is 1890. The lowest BCUT2D eigenvalue weighted by atomic mass is 9.99. The lowest BCUT2D eigenvalue weighted by molar-refractivity contribution is -0.161. The predicted molar refractivity (Wildman–Crippen MR) is 391 cm³/mol. The van der Waals surface area contributed by atoms with Crippen LogP contribution in [0.4, 0.5) is 0 Å². The molecule has 19 heteroatoms. The molecular formula is C77H150O17P2. The van der Waals surface area contributed by atoms with Gasteiger partial charge in [0.1, 0.15) is 19.3 Å². The number of esters is 4. The Balaban J connectivity index is 5.23. The molecular weight excluding hydrogens is 1260 g/mol. The summed E-state index contributed by atoms with van der Waals surface area (Å²) in [5.74, 6) is 0.998. The first-order valence-electron chi connectivity index (χ1n) is 39.8. The molecule has 8 atom stereocenters. The van der Waals surface area contributed by atoms with Crippen LogP contribution in [0, 0.1) is 23.7 Å². The Hall–Kier alpha value is -1.94. The zero-order chi connectivity index (χ0) is 71.0. The summed E-state index contributed by atoms with van der Waals surface area (Å²) in [4.78, 5) is 72.8. The second-order valence-electron chi connectivity index (χ2n) is 28.9. The van der Waals surface area contributed by atoms with Crippen LogP contribution in [0.2, 0.25) is 0 Å². The van der Waals surface area contributed by atoms with Crippen molar-refractivity contribution in [1.82, 2.24) is 0 Å². The zero-order valence-corrected chi connectivity index (χ0v) is 64.8. The van der Waals surface area contributed by atoms with Crippen LogP contribution in [-0.2, 0) is 65.4 Å². The van der Waals surface area contributed by atoms with Gasteiger partial charge in [-0.1, -0.05) is 338 Å². The van der Waals surface area contributed by atoms with E-state index in [4.69, 9.17) is 37.0 Å². The average Bonchev–Trinajstić information content (AvgIpc) is 1.08. The molecule has 96 heavy (non-hydrogen) atoms. The van der Waals surface area contributed by atoms with Gasteiger partial charge in [-0.15, -0.1) is 0 Å². The van der Waals surface area contributed by atoms with E-state index in [2.05, 4.69) is 55.4 Å². The lowest BCUT2D eigenvalue weighted by Crippen LogP contribution is -2.30. The molecule has 0 aromatic heterocycles. The molecule has 570 valence electrons. The minimum absolute atomic E-state index is 0.102. The molecule has 17 nitrogen and oxygen atoms in total. The SMILES string of the molecule is CCC(C)CCCCCCCCCCCCCCCCC(=O)OC[C@H](COP(=O)(O)OCC(O)COP(=O)(O)OC[C@@H](COC(=O)CCCCCCCCCC(C)C)OC(=O)CCCCCCCCC(C)CC)OC(=O)CCCCCCCCCCCCCCCCC(C)CC. The van der Waals surface area contributed by atoms with Gasteiger partial charge < -0.3 is 33.8 Å². The Morgan fingerprint density at radius 2 is 0.500 bits per heavy atom. The molecule has 0 bridgehead atoms. The van der Waals surface area contributed by atoms with Crippen molar-refractivity contribution in [3.05, 3.63) is 0 Å². The highest BCUT2D eigenvalue weighted by Crippen LogP contribution is 2.45. The van der Waals surface area contributed by atoms with Gasteiger partial charge in [-0.05, 0) is 49.4 Å².